The number of carbonyl (C=O) groups is 1. The number of amides is 1. The number of benzene rings is 2. The van der Waals surface area contributed by atoms with E-state index in [1.165, 1.54) is 0 Å². The first-order chi connectivity index (χ1) is 9.77. The highest BCUT2D eigenvalue weighted by Crippen LogP contribution is 2.29. The van der Waals surface area contributed by atoms with E-state index in [1.807, 2.05) is 13.0 Å². The van der Waals surface area contributed by atoms with Gasteiger partial charge in [-0.15, -0.1) is 0 Å². The molecule has 110 valence electrons. The SMILES string of the molecule is Cc1ccc(Br)c(NC(=O)c2ccc(C(F)(F)F)cc2)c1. The topological polar surface area (TPSA) is 29.1 Å². The second-order valence-electron chi connectivity index (χ2n) is 4.51. The summed E-state index contributed by atoms with van der Waals surface area (Å²) in [7, 11) is 0. The Balaban J connectivity index is 2.19. The van der Waals surface area contributed by atoms with Crippen LogP contribution in [0, 0.1) is 6.92 Å². The third-order valence-electron chi connectivity index (χ3n) is 2.84. The standard InChI is InChI=1S/C15H11BrF3NO/c1-9-2-7-12(16)13(8-9)20-14(21)10-3-5-11(6-4-10)15(17,18)19/h2-8H,1H3,(H,20,21). The molecule has 2 aromatic rings. The summed E-state index contributed by atoms with van der Waals surface area (Å²) in [6.45, 7) is 1.88. The van der Waals surface area contributed by atoms with Crippen LogP contribution in [-0.2, 0) is 6.18 Å². The highest BCUT2D eigenvalue weighted by Gasteiger charge is 2.30. The third-order valence-corrected chi connectivity index (χ3v) is 3.54. The second kappa shape index (κ2) is 5.89. The number of carbonyl (C=O) groups excluding carboxylic acids is 1. The molecule has 2 rings (SSSR count). The number of alkyl halides is 3. The van der Waals surface area contributed by atoms with E-state index in [1.54, 1.807) is 12.1 Å². The van der Waals surface area contributed by atoms with Crippen molar-refractivity contribution in [2.75, 3.05) is 5.32 Å². The zero-order valence-corrected chi connectivity index (χ0v) is 12.5. The van der Waals surface area contributed by atoms with Crippen LogP contribution in [-0.4, -0.2) is 5.91 Å². The minimum Gasteiger partial charge on any atom is -0.321 e. The van der Waals surface area contributed by atoms with E-state index in [0.29, 0.717) is 10.2 Å². The molecule has 0 fully saturated rings. The maximum atomic E-state index is 12.5. The largest absolute Gasteiger partial charge is 0.416 e. The molecule has 0 spiro atoms. The summed E-state index contributed by atoms with van der Waals surface area (Å²) >= 11 is 3.31. The minimum atomic E-state index is -4.41. The van der Waals surface area contributed by atoms with E-state index in [9.17, 15) is 18.0 Å². The first-order valence-electron chi connectivity index (χ1n) is 6.02. The van der Waals surface area contributed by atoms with E-state index in [0.717, 1.165) is 29.8 Å². The third kappa shape index (κ3) is 3.85. The average Bonchev–Trinajstić information content (AvgIpc) is 2.42. The lowest BCUT2D eigenvalue weighted by molar-refractivity contribution is -0.137. The zero-order chi connectivity index (χ0) is 15.6. The lowest BCUT2D eigenvalue weighted by Gasteiger charge is -2.10. The quantitative estimate of drug-likeness (QED) is 0.802. The van der Waals surface area contributed by atoms with Gasteiger partial charge in [0.05, 0.1) is 11.3 Å². The Bertz CT molecular complexity index is 666. The summed E-state index contributed by atoms with van der Waals surface area (Å²) in [6.07, 6.45) is -4.41. The molecule has 0 aliphatic heterocycles. The fourth-order valence-corrected chi connectivity index (χ4v) is 2.09. The predicted molar refractivity (Wildman–Crippen MR) is 78.3 cm³/mol. The Labute approximate surface area is 128 Å². The highest BCUT2D eigenvalue weighted by atomic mass is 79.9. The van der Waals surface area contributed by atoms with Gasteiger partial charge in [-0.1, -0.05) is 6.07 Å². The van der Waals surface area contributed by atoms with Crippen LogP contribution in [0.4, 0.5) is 18.9 Å². The van der Waals surface area contributed by atoms with Crippen molar-refractivity contribution in [3.63, 3.8) is 0 Å². The second-order valence-corrected chi connectivity index (χ2v) is 5.37. The Kier molecular flexibility index (Phi) is 4.37. The molecule has 0 radical (unpaired) electrons. The monoisotopic (exact) mass is 357 g/mol. The Morgan fingerprint density at radius 3 is 2.29 bits per heavy atom. The maximum Gasteiger partial charge on any atom is 0.416 e. The van der Waals surface area contributed by atoms with Crippen LogP contribution in [0.1, 0.15) is 21.5 Å². The van der Waals surface area contributed by atoms with Crippen molar-refractivity contribution in [3.8, 4) is 0 Å². The molecule has 6 heteroatoms. The highest BCUT2D eigenvalue weighted by molar-refractivity contribution is 9.10. The summed E-state index contributed by atoms with van der Waals surface area (Å²) in [5.74, 6) is -0.463. The van der Waals surface area contributed by atoms with Gasteiger partial charge in [-0.05, 0) is 64.8 Å². The van der Waals surface area contributed by atoms with Crippen LogP contribution in [0.3, 0.4) is 0 Å². The molecular formula is C15H11BrF3NO. The number of nitrogens with one attached hydrogen (secondary N) is 1. The lowest BCUT2D eigenvalue weighted by Crippen LogP contribution is -2.13. The van der Waals surface area contributed by atoms with E-state index >= 15 is 0 Å². The molecule has 0 heterocycles. The number of halogens is 4. The van der Waals surface area contributed by atoms with Crippen LogP contribution in [0.5, 0.6) is 0 Å². The fraction of sp³-hybridized carbons (Fsp3) is 0.133. The van der Waals surface area contributed by atoms with Crippen LogP contribution >= 0.6 is 15.9 Å². The van der Waals surface area contributed by atoms with Crippen molar-refractivity contribution in [3.05, 3.63) is 63.6 Å². The van der Waals surface area contributed by atoms with Gasteiger partial charge in [0.25, 0.3) is 5.91 Å². The van der Waals surface area contributed by atoms with Crippen molar-refractivity contribution < 1.29 is 18.0 Å². The maximum absolute atomic E-state index is 12.5. The summed E-state index contributed by atoms with van der Waals surface area (Å²) in [6, 6.07) is 9.52. The fourth-order valence-electron chi connectivity index (χ4n) is 1.74. The van der Waals surface area contributed by atoms with Crippen molar-refractivity contribution in [1.82, 2.24) is 0 Å². The normalized spacial score (nSPS) is 11.3. The van der Waals surface area contributed by atoms with Crippen LogP contribution in [0.25, 0.3) is 0 Å². The van der Waals surface area contributed by atoms with Crippen LogP contribution in [0.2, 0.25) is 0 Å². The van der Waals surface area contributed by atoms with Gasteiger partial charge >= 0.3 is 6.18 Å². The van der Waals surface area contributed by atoms with Gasteiger partial charge in [0.15, 0.2) is 0 Å². The number of aryl methyl sites for hydroxylation is 1. The predicted octanol–water partition coefficient (Wildman–Crippen LogP) is 5.03. The summed E-state index contributed by atoms with van der Waals surface area (Å²) in [5.41, 5.74) is 0.910. The Hall–Kier alpha value is -1.82. The van der Waals surface area contributed by atoms with Gasteiger partial charge in [-0.25, -0.2) is 0 Å². The van der Waals surface area contributed by atoms with Crippen molar-refractivity contribution in [2.24, 2.45) is 0 Å². The minimum absolute atomic E-state index is 0.163. The van der Waals surface area contributed by atoms with Gasteiger partial charge in [-0.2, -0.15) is 13.2 Å². The zero-order valence-electron chi connectivity index (χ0n) is 11.0. The summed E-state index contributed by atoms with van der Waals surface area (Å²) < 4.78 is 38.1. The van der Waals surface area contributed by atoms with Gasteiger partial charge in [-0.3, -0.25) is 4.79 Å². The van der Waals surface area contributed by atoms with E-state index in [2.05, 4.69) is 21.2 Å². The van der Waals surface area contributed by atoms with E-state index in [-0.39, 0.29) is 5.56 Å². The van der Waals surface area contributed by atoms with E-state index < -0.39 is 17.6 Å². The molecule has 0 saturated carbocycles. The molecule has 0 unspecified atom stereocenters. The lowest BCUT2D eigenvalue weighted by atomic mass is 10.1. The Morgan fingerprint density at radius 1 is 1.10 bits per heavy atom. The van der Waals surface area contributed by atoms with Crippen molar-refractivity contribution >= 4 is 27.5 Å². The van der Waals surface area contributed by atoms with Gasteiger partial charge < -0.3 is 5.32 Å². The smallest absolute Gasteiger partial charge is 0.321 e. The van der Waals surface area contributed by atoms with Crippen molar-refractivity contribution in [1.29, 1.82) is 0 Å². The molecule has 0 aliphatic carbocycles. The van der Waals surface area contributed by atoms with Gasteiger partial charge in [0.2, 0.25) is 0 Å². The average molecular weight is 358 g/mol. The molecule has 1 N–H and O–H groups in total. The number of hydrogen-bond acceptors (Lipinski definition) is 1. The molecule has 2 nitrogen and oxygen atoms in total. The molecule has 0 bridgehead atoms. The number of rotatable bonds is 2. The first kappa shape index (κ1) is 15.6. The first-order valence-corrected chi connectivity index (χ1v) is 6.81. The molecule has 0 aliphatic rings. The number of hydrogen-bond donors (Lipinski definition) is 1. The number of anilines is 1. The molecule has 0 saturated heterocycles. The molecule has 21 heavy (non-hydrogen) atoms. The summed E-state index contributed by atoms with van der Waals surface area (Å²) in [4.78, 5) is 12.0. The van der Waals surface area contributed by atoms with E-state index in [4.69, 9.17) is 0 Å². The molecule has 2 aromatic carbocycles. The van der Waals surface area contributed by atoms with Gasteiger partial charge in [0, 0.05) is 10.0 Å². The Morgan fingerprint density at radius 2 is 1.71 bits per heavy atom. The molecule has 1 amide bonds. The molecule has 0 aromatic heterocycles. The van der Waals surface area contributed by atoms with Crippen LogP contribution in [0.15, 0.2) is 46.9 Å². The summed E-state index contributed by atoms with van der Waals surface area (Å²) in [5, 5.41) is 2.66. The van der Waals surface area contributed by atoms with Crippen LogP contribution < -0.4 is 5.32 Å². The van der Waals surface area contributed by atoms with Gasteiger partial charge in [0.1, 0.15) is 0 Å². The van der Waals surface area contributed by atoms with Crippen molar-refractivity contribution in [2.45, 2.75) is 13.1 Å². The molecular weight excluding hydrogens is 347 g/mol. The molecule has 0 atom stereocenters.